The summed E-state index contributed by atoms with van der Waals surface area (Å²) in [6.07, 6.45) is 1.28. The standard InChI is InChI=1S/C11H17N5O2S/c1-2-3-13-11-16-9(12)8(19-11)10(18)15-6-4-7(17)14-5-6/h6H,2-5,12H2,1H3,(H,13,16)(H,14,17)(H,15,18). The largest absolute Gasteiger partial charge is 0.382 e. The number of carbonyl (C=O) groups excluding carboxylic acids is 2. The second kappa shape index (κ2) is 5.87. The van der Waals surface area contributed by atoms with E-state index >= 15 is 0 Å². The van der Waals surface area contributed by atoms with Crippen LogP contribution in [0.1, 0.15) is 29.4 Å². The number of aromatic nitrogens is 1. The Morgan fingerprint density at radius 1 is 1.63 bits per heavy atom. The maximum absolute atomic E-state index is 12.0. The molecule has 1 fully saturated rings. The summed E-state index contributed by atoms with van der Waals surface area (Å²) < 4.78 is 0. The first-order valence-corrected chi connectivity index (χ1v) is 6.99. The Hall–Kier alpha value is -1.83. The molecule has 0 spiro atoms. The van der Waals surface area contributed by atoms with Crippen LogP contribution >= 0.6 is 11.3 Å². The molecule has 1 saturated heterocycles. The van der Waals surface area contributed by atoms with E-state index in [4.69, 9.17) is 5.73 Å². The van der Waals surface area contributed by atoms with Crippen LogP contribution in [0.25, 0.3) is 0 Å². The Morgan fingerprint density at radius 3 is 3.05 bits per heavy atom. The van der Waals surface area contributed by atoms with E-state index in [0.717, 1.165) is 13.0 Å². The number of amides is 2. The molecule has 19 heavy (non-hydrogen) atoms. The molecule has 0 aliphatic carbocycles. The van der Waals surface area contributed by atoms with E-state index < -0.39 is 0 Å². The summed E-state index contributed by atoms with van der Waals surface area (Å²) >= 11 is 1.23. The highest BCUT2D eigenvalue weighted by Gasteiger charge is 2.25. The summed E-state index contributed by atoms with van der Waals surface area (Å²) in [7, 11) is 0. The molecule has 7 nitrogen and oxygen atoms in total. The van der Waals surface area contributed by atoms with Gasteiger partial charge >= 0.3 is 0 Å². The molecule has 2 heterocycles. The molecule has 1 aliphatic heterocycles. The summed E-state index contributed by atoms with van der Waals surface area (Å²) in [6, 6.07) is -0.173. The molecule has 2 rings (SSSR count). The van der Waals surface area contributed by atoms with Crippen molar-refractivity contribution in [3.05, 3.63) is 4.88 Å². The van der Waals surface area contributed by atoms with Gasteiger partial charge in [0, 0.05) is 19.5 Å². The molecule has 1 aliphatic rings. The first-order chi connectivity index (χ1) is 9.10. The molecule has 104 valence electrons. The molecule has 5 N–H and O–H groups in total. The molecule has 1 atom stereocenters. The van der Waals surface area contributed by atoms with Crippen LogP contribution in [0.2, 0.25) is 0 Å². The molecular weight excluding hydrogens is 266 g/mol. The molecule has 0 aromatic carbocycles. The van der Waals surface area contributed by atoms with Gasteiger partial charge in [0.1, 0.15) is 10.7 Å². The number of rotatable bonds is 5. The van der Waals surface area contributed by atoms with E-state index in [2.05, 4.69) is 20.9 Å². The zero-order chi connectivity index (χ0) is 13.8. The van der Waals surface area contributed by atoms with Gasteiger partial charge in [-0.25, -0.2) is 4.98 Å². The molecule has 2 amide bonds. The molecule has 1 unspecified atom stereocenters. The average Bonchev–Trinajstić information content (AvgIpc) is 2.93. The minimum atomic E-state index is -0.277. The Labute approximate surface area is 115 Å². The Kier molecular flexibility index (Phi) is 4.20. The number of nitrogens with zero attached hydrogens (tertiary/aromatic N) is 1. The Balaban J connectivity index is 1.98. The van der Waals surface area contributed by atoms with Crippen LogP contribution in [-0.2, 0) is 4.79 Å². The highest BCUT2D eigenvalue weighted by atomic mass is 32.1. The number of hydrogen-bond donors (Lipinski definition) is 4. The summed E-state index contributed by atoms with van der Waals surface area (Å²) in [5, 5.41) is 9.18. The lowest BCUT2D eigenvalue weighted by atomic mass is 10.2. The number of hydrogen-bond acceptors (Lipinski definition) is 6. The lowest BCUT2D eigenvalue weighted by Crippen LogP contribution is -2.36. The van der Waals surface area contributed by atoms with Gasteiger partial charge in [-0.3, -0.25) is 9.59 Å². The minimum Gasteiger partial charge on any atom is -0.382 e. The molecule has 0 radical (unpaired) electrons. The van der Waals surface area contributed by atoms with Crippen LogP contribution in [0.15, 0.2) is 0 Å². The molecule has 8 heteroatoms. The fourth-order valence-corrected chi connectivity index (χ4v) is 2.57. The van der Waals surface area contributed by atoms with Gasteiger partial charge in [0.2, 0.25) is 5.91 Å². The summed E-state index contributed by atoms with van der Waals surface area (Å²) in [5.74, 6) is -0.104. The normalized spacial score (nSPS) is 18.2. The second-order valence-electron chi connectivity index (χ2n) is 4.34. The number of anilines is 2. The van der Waals surface area contributed by atoms with Gasteiger partial charge in [-0.2, -0.15) is 0 Å². The van der Waals surface area contributed by atoms with Gasteiger partial charge in [-0.05, 0) is 6.42 Å². The first kappa shape index (κ1) is 13.6. The predicted molar refractivity (Wildman–Crippen MR) is 74.2 cm³/mol. The molecule has 0 bridgehead atoms. The first-order valence-electron chi connectivity index (χ1n) is 6.18. The van der Waals surface area contributed by atoms with Crippen LogP contribution in [0.3, 0.4) is 0 Å². The zero-order valence-corrected chi connectivity index (χ0v) is 11.5. The number of carbonyl (C=O) groups is 2. The highest BCUT2D eigenvalue weighted by molar-refractivity contribution is 7.18. The van der Waals surface area contributed by atoms with Crippen molar-refractivity contribution in [3.8, 4) is 0 Å². The molecule has 1 aromatic rings. The Bertz CT molecular complexity index is 487. The van der Waals surface area contributed by atoms with Crippen molar-refractivity contribution in [2.24, 2.45) is 0 Å². The van der Waals surface area contributed by atoms with E-state index in [1.807, 2.05) is 6.92 Å². The zero-order valence-electron chi connectivity index (χ0n) is 10.7. The van der Waals surface area contributed by atoms with Crippen LogP contribution in [0.5, 0.6) is 0 Å². The number of nitrogens with two attached hydrogens (primary N) is 1. The van der Waals surface area contributed by atoms with Crippen molar-refractivity contribution in [1.29, 1.82) is 0 Å². The van der Waals surface area contributed by atoms with Crippen molar-refractivity contribution >= 4 is 34.1 Å². The van der Waals surface area contributed by atoms with E-state index in [-0.39, 0.29) is 23.7 Å². The molecular formula is C11H17N5O2S. The van der Waals surface area contributed by atoms with Gasteiger partial charge in [-0.1, -0.05) is 18.3 Å². The SMILES string of the molecule is CCCNc1nc(N)c(C(=O)NC2CNC(=O)C2)s1. The van der Waals surface area contributed by atoms with Gasteiger partial charge in [0.25, 0.3) is 5.91 Å². The fraction of sp³-hybridized carbons (Fsp3) is 0.545. The number of thiazole rings is 1. The quantitative estimate of drug-likeness (QED) is 0.615. The van der Waals surface area contributed by atoms with Crippen LogP contribution in [-0.4, -0.2) is 35.9 Å². The van der Waals surface area contributed by atoms with Crippen LogP contribution in [0, 0.1) is 0 Å². The molecule has 0 saturated carbocycles. The highest BCUT2D eigenvalue weighted by Crippen LogP contribution is 2.25. The van der Waals surface area contributed by atoms with Crippen LogP contribution < -0.4 is 21.7 Å². The summed E-state index contributed by atoms with van der Waals surface area (Å²) in [5.41, 5.74) is 5.73. The smallest absolute Gasteiger partial charge is 0.265 e. The third-order valence-electron chi connectivity index (χ3n) is 2.70. The lowest BCUT2D eigenvalue weighted by Gasteiger charge is -2.08. The fourth-order valence-electron chi connectivity index (χ4n) is 1.76. The third-order valence-corrected chi connectivity index (χ3v) is 3.73. The van der Waals surface area contributed by atoms with Crippen molar-refractivity contribution < 1.29 is 9.59 Å². The van der Waals surface area contributed by atoms with Crippen LogP contribution in [0.4, 0.5) is 10.9 Å². The average molecular weight is 283 g/mol. The van der Waals surface area contributed by atoms with Crippen molar-refractivity contribution in [2.75, 3.05) is 24.1 Å². The van der Waals surface area contributed by atoms with Crippen molar-refractivity contribution in [3.63, 3.8) is 0 Å². The summed E-state index contributed by atoms with van der Waals surface area (Å²) in [4.78, 5) is 27.6. The van der Waals surface area contributed by atoms with Gasteiger partial charge in [0.15, 0.2) is 5.13 Å². The molecule has 1 aromatic heterocycles. The van der Waals surface area contributed by atoms with E-state index in [1.54, 1.807) is 0 Å². The maximum atomic E-state index is 12.0. The van der Waals surface area contributed by atoms with Gasteiger partial charge in [0.05, 0.1) is 6.04 Å². The second-order valence-corrected chi connectivity index (χ2v) is 5.34. The minimum absolute atomic E-state index is 0.0483. The number of nitrogen functional groups attached to an aromatic ring is 1. The summed E-state index contributed by atoms with van der Waals surface area (Å²) in [6.45, 7) is 3.29. The van der Waals surface area contributed by atoms with Crippen molar-refractivity contribution in [2.45, 2.75) is 25.8 Å². The topological polar surface area (TPSA) is 109 Å². The monoisotopic (exact) mass is 283 g/mol. The van der Waals surface area contributed by atoms with E-state index in [9.17, 15) is 9.59 Å². The third kappa shape index (κ3) is 3.34. The maximum Gasteiger partial charge on any atom is 0.265 e. The Morgan fingerprint density at radius 2 is 2.42 bits per heavy atom. The van der Waals surface area contributed by atoms with Crippen molar-refractivity contribution in [1.82, 2.24) is 15.6 Å². The van der Waals surface area contributed by atoms with E-state index in [0.29, 0.717) is 23.0 Å². The lowest BCUT2D eigenvalue weighted by molar-refractivity contribution is -0.119. The van der Waals surface area contributed by atoms with Gasteiger partial charge in [-0.15, -0.1) is 0 Å². The van der Waals surface area contributed by atoms with E-state index in [1.165, 1.54) is 11.3 Å². The number of nitrogens with one attached hydrogen (secondary N) is 3. The van der Waals surface area contributed by atoms with Gasteiger partial charge < -0.3 is 21.7 Å². The predicted octanol–water partition coefficient (Wildman–Crippen LogP) is 0.166.